The topological polar surface area (TPSA) is 42.5 Å². The lowest BCUT2D eigenvalue weighted by molar-refractivity contribution is 0.0715. The van der Waals surface area contributed by atoms with Crippen LogP contribution < -0.4 is 10.6 Å². The molecule has 0 saturated carbocycles. The standard InChI is InChI=1S/C11H24N2O2/c1-14-8-9-15-7-6-13-10-11-2-4-12-5-3-11/h11-13H,2-10H2,1H3. The molecule has 0 atom stereocenters. The minimum Gasteiger partial charge on any atom is -0.382 e. The Morgan fingerprint density at radius 1 is 1.20 bits per heavy atom. The number of methoxy groups -OCH3 is 1. The van der Waals surface area contributed by atoms with Gasteiger partial charge in [-0.3, -0.25) is 0 Å². The normalized spacial score (nSPS) is 18.2. The Balaban J connectivity index is 1.79. The molecule has 1 aliphatic rings. The smallest absolute Gasteiger partial charge is 0.0700 e. The van der Waals surface area contributed by atoms with Gasteiger partial charge in [0, 0.05) is 13.7 Å². The second kappa shape index (κ2) is 9.09. The van der Waals surface area contributed by atoms with Crippen molar-refractivity contribution in [1.82, 2.24) is 10.6 Å². The molecule has 15 heavy (non-hydrogen) atoms. The molecule has 1 saturated heterocycles. The van der Waals surface area contributed by atoms with Crippen LogP contribution in [0.1, 0.15) is 12.8 Å². The number of nitrogens with one attached hydrogen (secondary N) is 2. The van der Waals surface area contributed by atoms with E-state index in [1.807, 2.05) is 0 Å². The zero-order chi connectivity index (χ0) is 10.8. The minimum absolute atomic E-state index is 0.689. The third-order valence-corrected chi connectivity index (χ3v) is 2.75. The molecule has 1 fully saturated rings. The molecule has 0 aliphatic carbocycles. The van der Waals surface area contributed by atoms with Gasteiger partial charge in [0.25, 0.3) is 0 Å². The van der Waals surface area contributed by atoms with E-state index in [0.717, 1.165) is 25.6 Å². The molecule has 2 N–H and O–H groups in total. The lowest BCUT2D eigenvalue weighted by Crippen LogP contribution is -2.34. The predicted octanol–water partition coefficient (Wildman–Crippen LogP) is 0.239. The summed E-state index contributed by atoms with van der Waals surface area (Å²) in [7, 11) is 1.69. The van der Waals surface area contributed by atoms with Crippen LogP contribution >= 0.6 is 0 Å². The van der Waals surface area contributed by atoms with Crippen LogP contribution in [0.4, 0.5) is 0 Å². The quantitative estimate of drug-likeness (QED) is 0.570. The van der Waals surface area contributed by atoms with Crippen molar-refractivity contribution in [2.45, 2.75) is 12.8 Å². The van der Waals surface area contributed by atoms with Gasteiger partial charge in [0.2, 0.25) is 0 Å². The van der Waals surface area contributed by atoms with Crippen molar-refractivity contribution in [2.75, 3.05) is 53.1 Å². The lowest BCUT2D eigenvalue weighted by Gasteiger charge is -2.22. The van der Waals surface area contributed by atoms with E-state index in [9.17, 15) is 0 Å². The third-order valence-electron chi connectivity index (χ3n) is 2.75. The Morgan fingerprint density at radius 2 is 2.00 bits per heavy atom. The van der Waals surface area contributed by atoms with Crippen LogP contribution in [0, 0.1) is 5.92 Å². The van der Waals surface area contributed by atoms with Crippen LogP contribution in [0.25, 0.3) is 0 Å². The molecule has 0 bridgehead atoms. The zero-order valence-electron chi connectivity index (χ0n) is 9.76. The molecule has 0 unspecified atom stereocenters. The zero-order valence-corrected chi connectivity index (χ0v) is 9.76. The van der Waals surface area contributed by atoms with E-state index in [0.29, 0.717) is 13.2 Å². The Bertz CT molecular complexity index is 139. The fourth-order valence-corrected chi connectivity index (χ4v) is 1.78. The maximum absolute atomic E-state index is 5.36. The molecule has 4 heteroatoms. The summed E-state index contributed by atoms with van der Waals surface area (Å²) < 4.78 is 10.3. The molecular weight excluding hydrogens is 192 g/mol. The first-order valence-electron chi connectivity index (χ1n) is 5.91. The summed E-state index contributed by atoms with van der Waals surface area (Å²) in [5.41, 5.74) is 0. The highest BCUT2D eigenvalue weighted by molar-refractivity contribution is 4.70. The number of ether oxygens (including phenoxy) is 2. The van der Waals surface area contributed by atoms with Gasteiger partial charge in [-0.15, -0.1) is 0 Å². The molecule has 1 heterocycles. The summed E-state index contributed by atoms with van der Waals surface area (Å²) in [4.78, 5) is 0. The maximum Gasteiger partial charge on any atom is 0.0700 e. The number of rotatable bonds is 8. The second-order valence-corrected chi connectivity index (χ2v) is 4.00. The highest BCUT2D eigenvalue weighted by Crippen LogP contribution is 2.09. The SMILES string of the molecule is COCCOCCNCC1CCNCC1. The van der Waals surface area contributed by atoms with Gasteiger partial charge >= 0.3 is 0 Å². The van der Waals surface area contributed by atoms with Crippen molar-refractivity contribution >= 4 is 0 Å². The van der Waals surface area contributed by atoms with Crippen molar-refractivity contribution in [1.29, 1.82) is 0 Å². The summed E-state index contributed by atoms with van der Waals surface area (Å²) in [6.07, 6.45) is 2.61. The van der Waals surface area contributed by atoms with E-state index in [1.54, 1.807) is 7.11 Å². The van der Waals surface area contributed by atoms with Gasteiger partial charge in [-0.05, 0) is 38.4 Å². The van der Waals surface area contributed by atoms with Gasteiger partial charge in [0.15, 0.2) is 0 Å². The summed E-state index contributed by atoms with van der Waals surface area (Å²) in [6.45, 7) is 6.62. The summed E-state index contributed by atoms with van der Waals surface area (Å²) in [5, 5.41) is 6.81. The average molecular weight is 216 g/mol. The van der Waals surface area contributed by atoms with Crippen molar-refractivity contribution in [3.05, 3.63) is 0 Å². The number of piperidine rings is 1. The molecule has 0 amide bonds. The average Bonchev–Trinajstić information content (AvgIpc) is 2.29. The summed E-state index contributed by atoms with van der Waals surface area (Å²) in [5.74, 6) is 0.852. The fourth-order valence-electron chi connectivity index (χ4n) is 1.78. The predicted molar refractivity (Wildman–Crippen MR) is 61.2 cm³/mol. The van der Waals surface area contributed by atoms with E-state index in [4.69, 9.17) is 9.47 Å². The first-order chi connectivity index (χ1) is 7.43. The van der Waals surface area contributed by atoms with Crippen molar-refractivity contribution in [2.24, 2.45) is 5.92 Å². The van der Waals surface area contributed by atoms with Gasteiger partial charge in [-0.2, -0.15) is 0 Å². The Kier molecular flexibility index (Phi) is 7.83. The van der Waals surface area contributed by atoms with Crippen molar-refractivity contribution < 1.29 is 9.47 Å². The minimum atomic E-state index is 0.689. The largest absolute Gasteiger partial charge is 0.382 e. The van der Waals surface area contributed by atoms with Crippen molar-refractivity contribution in [3.8, 4) is 0 Å². The molecule has 0 aromatic rings. The van der Waals surface area contributed by atoms with Crippen LogP contribution in [0.3, 0.4) is 0 Å². The highest BCUT2D eigenvalue weighted by atomic mass is 16.5. The Hall–Kier alpha value is -0.160. The summed E-state index contributed by atoms with van der Waals surface area (Å²) >= 11 is 0. The molecule has 0 aromatic carbocycles. The van der Waals surface area contributed by atoms with Crippen LogP contribution in [0.2, 0.25) is 0 Å². The van der Waals surface area contributed by atoms with E-state index in [-0.39, 0.29) is 0 Å². The first kappa shape index (κ1) is 12.9. The van der Waals surface area contributed by atoms with Crippen LogP contribution in [0.15, 0.2) is 0 Å². The van der Waals surface area contributed by atoms with Crippen molar-refractivity contribution in [3.63, 3.8) is 0 Å². The van der Waals surface area contributed by atoms with E-state index < -0.39 is 0 Å². The van der Waals surface area contributed by atoms with Crippen LogP contribution in [-0.2, 0) is 9.47 Å². The van der Waals surface area contributed by atoms with Gasteiger partial charge in [0.1, 0.15) is 0 Å². The Labute approximate surface area is 92.7 Å². The van der Waals surface area contributed by atoms with E-state index >= 15 is 0 Å². The molecule has 4 nitrogen and oxygen atoms in total. The number of hydrogen-bond acceptors (Lipinski definition) is 4. The van der Waals surface area contributed by atoms with Crippen LogP contribution in [-0.4, -0.2) is 53.1 Å². The second-order valence-electron chi connectivity index (χ2n) is 4.00. The van der Waals surface area contributed by atoms with Gasteiger partial charge in [-0.1, -0.05) is 0 Å². The molecule has 1 aliphatic heterocycles. The van der Waals surface area contributed by atoms with Gasteiger partial charge < -0.3 is 20.1 Å². The summed E-state index contributed by atoms with van der Waals surface area (Å²) in [6, 6.07) is 0. The molecular formula is C11H24N2O2. The van der Waals surface area contributed by atoms with Gasteiger partial charge in [-0.25, -0.2) is 0 Å². The van der Waals surface area contributed by atoms with Gasteiger partial charge in [0.05, 0.1) is 19.8 Å². The molecule has 0 radical (unpaired) electrons. The third kappa shape index (κ3) is 6.84. The van der Waals surface area contributed by atoms with E-state index in [2.05, 4.69) is 10.6 Å². The van der Waals surface area contributed by atoms with E-state index in [1.165, 1.54) is 25.9 Å². The first-order valence-corrected chi connectivity index (χ1v) is 5.91. The molecule has 1 rings (SSSR count). The Morgan fingerprint density at radius 3 is 2.73 bits per heavy atom. The molecule has 0 aromatic heterocycles. The highest BCUT2D eigenvalue weighted by Gasteiger charge is 2.11. The fraction of sp³-hybridized carbons (Fsp3) is 1.00. The molecule has 90 valence electrons. The molecule has 0 spiro atoms. The maximum atomic E-state index is 5.36. The number of hydrogen-bond donors (Lipinski definition) is 2. The van der Waals surface area contributed by atoms with Crippen LogP contribution in [0.5, 0.6) is 0 Å². The lowest BCUT2D eigenvalue weighted by atomic mass is 9.98. The monoisotopic (exact) mass is 216 g/mol.